The number of carbonyl (C=O) groups is 1. The SMILES string of the molecule is C=S1(=O)NC(=O)c2ccc3c(c2)N(C[C@@H]2CC[C@H]2[C@@](O)(CN2CCc4cncnc4C2)CCC[C@H](C)[C@H]1C)C[C@@]1(CCCc2cc(Cl)ccc21)CO3. The largest absolute Gasteiger partial charge is 0.490 e. The van der Waals surface area contributed by atoms with Crippen LogP contribution in [-0.2, 0) is 34.5 Å². The molecule has 2 bridgehead atoms. The van der Waals surface area contributed by atoms with Gasteiger partial charge in [0.2, 0.25) is 0 Å². The number of carbonyl (C=O) groups excluding carboxylic acids is 1. The third-order valence-corrected chi connectivity index (χ3v) is 15.7. The smallest absolute Gasteiger partial charge is 0.262 e. The number of halogens is 1. The molecule has 1 unspecified atom stereocenters. The van der Waals surface area contributed by atoms with E-state index < -0.39 is 15.3 Å². The van der Waals surface area contributed by atoms with E-state index in [1.165, 1.54) is 16.7 Å². The van der Waals surface area contributed by atoms with Gasteiger partial charge in [0.25, 0.3) is 5.91 Å². The minimum absolute atomic E-state index is 0.0404. The van der Waals surface area contributed by atoms with E-state index in [0.29, 0.717) is 31.7 Å². The summed E-state index contributed by atoms with van der Waals surface area (Å²) in [7, 11) is -2.96. The van der Waals surface area contributed by atoms with Crippen LogP contribution in [0.1, 0.15) is 91.5 Å². The average molecular weight is 746 g/mol. The lowest BCUT2D eigenvalue weighted by atomic mass is 9.62. The molecule has 0 saturated heterocycles. The summed E-state index contributed by atoms with van der Waals surface area (Å²) in [6.07, 6.45) is 11.7. The van der Waals surface area contributed by atoms with Crippen LogP contribution in [0.5, 0.6) is 5.75 Å². The molecule has 52 heavy (non-hydrogen) atoms. The first-order chi connectivity index (χ1) is 24.9. The molecule has 1 spiro atoms. The zero-order valence-electron chi connectivity index (χ0n) is 30.5. The van der Waals surface area contributed by atoms with Crippen molar-refractivity contribution in [2.75, 3.05) is 37.7 Å². The Morgan fingerprint density at radius 3 is 2.79 bits per heavy atom. The summed E-state index contributed by atoms with van der Waals surface area (Å²) in [5, 5.41) is 13.3. The first-order valence-electron chi connectivity index (χ1n) is 19.1. The van der Waals surface area contributed by atoms with Crippen LogP contribution in [0.15, 0.2) is 48.9 Å². The molecule has 1 fully saturated rings. The van der Waals surface area contributed by atoms with Crippen LogP contribution in [0.2, 0.25) is 5.02 Å². The maximum absolute atomic E-state index is 14.0. The van der Waals surface area contributed by atoms with Crippen LogP contribution in [0, 0.1) is 17.8 Å². The van der Waals surface area contributed by atoms with Crippen molar-refractivity contribution >= 4 is 38.8 Å². The Labute approximate surface area is 313 Å². The molecule has 11 heteroatoms. The van der Waals surface area contributed by atoms with Crippen molar-refractivity contribution < 1.29 is 18.8 Å². The van der Waals surface area contributed by atoms with Crippen LogP contribution in [0.3, 0.4) is 0 Å². The Balaban J connectivity index is 1.17. The number of rotatable bonds is 2. The minimum atomic E-state index is -2.96. The van der Waals surface area contributed by atoms with Crippen LogP contribution in [-0.4, -0.2) is 79.6 Å². The topological polar surface area (TPSA) is 108 Å². The summed E-state index contributed by atoms with van der Waals surface area (Å²) in [5.41, 5.74) is 4.97. The van der Waals surface area contributed by atoms with Crippen molar-refractivity contribution in [3.63, 3.8) is 0 Å². The Kier molecular flexibility index (Phi) is 9.58. The first-order valence-corrected chi connectivity index (χ1v) is 21.3. The van der Waals surface area contributed by atoms with Crippen molar-refractivity contribution in [3.8, 4) is 5.75 Å². The van der Waals surface area contributed by atoms with Gasteiger partial charge in [-0.15, -0.1) is 0 Å². The van der Waals surface area contributed by atoms with Gasteiger partial charge in [-0.05, 0) is 129 Å². The van der Waals surface area contributed by atoms with E-state index in [4.69, 9.17) is 16.3 Å². The first kappa shape index (κ1) is 35.8. The fourth-order valence-electron chi connectivity index (χ4n) is 9.89. The number of benzene rings is 2. The van der Waals surface area contributed by atoms with Gasteiger partial charge in [-0.1, -0.05) is 31.0 Å². The number of nitrogens with zero attached hydrogens (tertiary/aromatic N) is 4. The van der Waals surface area contributed by atoms with E-state index >= 15 is 0 Å². The van der Waals surface area contributed by atoms with Crippen molar-refractivity contribution in [2.45, 2.75) is 94.4 Å². The monoisotopic (exact) mass is 745 g/mol. The van der Waals surface area contributed by atoms with E-state index in [9.17, 15) is 14.1 Å². The molecule has 1 aromatic heterocycles. The molecular weight excluding hydrogens is 694 g/mol. The quantitative estimate of drug-likeness (QED) is 0.309. The second kappa shape index (κ2) is 13.9. The lowest BCUT2D eigenvalue weighted by Crippen LogP contribution is -2.57. The second-order valence-electron chi connectivity index (χ2n) is 16.5. The number of fused-ring (bicyclic) bond motifs is 5. The zero-order chi connectivity index (χ0) is 36.3. The molecule has 2 aromatic carbocycles. The normalized spacial score (nSPS) is 33.8. The van der Waals surface area contributed by atoms with Gasteiger partial charge in [0, 0.05) is 60.2 Å². The number of β-amino-alcohol motifs (C(OH)–C–C–N with tert-alkyl or cyclic N) is 1. The molecule has 4 heterocycles. The van der Waals surface area contributed by atoms with Gasteiger partial charge < -0.3 is 14.7 Å². The summed E-state index contributed by atoms with van der Waals surface area (Å²) in [4.78, 5) is 27.4. The van der Waals surface area contributed by atoms with Crippen LogP contribution >= 0.6 is 11.6 Å². The molecule has 3 aromatic rings. The lowest BCUT2D eigenvalue weighted by molar-refractivity contribution is -0.107. The predicted octanol–water partition coefficient (Wildman–Crippen LogP) is 5.99. The van der Waals surface area contributed by atoms with E-state index in [0.717, 1.165) is 93.2 Å². The van der Waals surface area contributed by atoms with Gasteiger partial charge in [0.05, 0.1) is 33.3 Å². The number of aryl methyl sites for hydroxylation is 1. The molecule has 3 aliphatic heterocycles. The van der Waals surface area contributed by atoms with Gasteiger partial charge >= 0.3 is 0 Å². The van der Waals surface area contributed by atoms with Gasteiger partial charge in [-0.2, -0.15) is 0 Å². The molecule has 8 rings (SSSR count). The third kappa shape index (κ3) is 6.73. The highest BCUT2D eigenvalue weighted by Gasteiger charge is 2.49. The third-order valence-electron chi connectivity index (χ3n) is 13.2. The predicted molar refractivity (Wildman–Crippen MR) is 208 cm³/mol. The van der Waals surface area contributed by atoms with Crippen LogP contribution in [0.4, 0.5) is 5.69 Å². The molecule has 7 atom stereocenters. The number of anilines is 1. The molecular formula is C41H52ClN5O4S. The van der Waals surface area contributed by atoms with E-state index in [-0.39, 0.29) is 34.3 Å². The Morgan fingerprint density at radius 1 is 1.10 bits per heavy atom. The number of amides is 1. The number of ether oxygens (including phenoxy) is 1. The van der Waals surface area contributed by atoms with Crippen molar-refractivity contribution in [2.24, 2.45) is 17.8 Å². The fourth-order valence-corrected chi connectivity index (χ4v) is 11.6. The molecule has 1 amide bonds. The number of nitrogens with one attached hydrogen (secondary N) is 1. The number of hydrogen-bond acceptors (Lipinski definition) is 8. The van der Waals surface area contributed by atoms with Crippen molar-refractivity contribution in [1.29, 1.82) is 0 Å². The Bertz CT molecular complexity index is 1960. The van der Waals surface area contributed by atoms with Crippen LogP contribution in [0.25, 0.3) is 0 Å². The summed E-state index contributed by atoms with van der Waals surface area (Å²) >= 11 is 6.50. The van der Waals surface area contributed by atoms with Crippen molar-refractivity contribution in [1.82, 2.24) is 19.6 Å². The number of hydrogen-bond donors (Lipinski definition) is 2. The number of aromatic nitrogens is 2. The molecule has 2 N–H and O–H groups in total. The van der Waals surface area contributed by atoms with Gasteiger partial charge in [0.1, 0.15) is 12.1 Å². The molecule has 2 aliphatic carbocycles. The van der Waals surface area contributed by atoms with Crippen molar-refractivity contribution in [3.05, 3.63) is 81.9 Å². The highest BCUT2D eigenvalue weighted by Crippen LogP contribution is 2.49. The van der Waals surface area contributed by atoms with Gasteiger partial charge in [0.15, 0.2) is 0 Å². The zero-order valence-corrected chi connectivity index (χ0v) is 32.1. The molecule has 278 valence electrons. The summed E-state index contributed by atoms with van der Waals surface area (Å²) in [6, 6.07) is 11.9. The number of aliphatic hydroxyl groups is 1. The van der Waals surface area contributed by atoms with Gasteiger partial charge in [-0.25, -0.2) is 14.2 Å². The average Bonchev–Trinajstić information content (AvgIpc) is 3.25. The molecule has 0 radical (unpaired) electrons. The van der Waals surface area contributed by atoms with E-state index in [2.05, 4.69) is 49.4 Å². The molecule has 1 saturated carbocycles. The fraction of sp³-hybridized carbons (Fsp3) is 0.561. The summed E-state index contributed by atoms with van der Waals surface area (Å²) < 4.78 is 23.5. The minimum Gasteiger partial charge on any atom is -0.490 e. The van der Waals surface area contributed by atoms with Gasteiger partial charge in [-0.3, -0.25) is 14.4 Å². The van der Waals surface area contributed by atoms with Crippen LogP contribution < -0.4 is 14.4 Å². The Hall–Kier alpha value is -3.18. The molecule has 5 aliphatic rings. The highest BCUT2D eigenvalue weighted by atomic mass is 35.5. The maximum atomic E-state index is 14.0. The maximum Gasteiger partial charge on any atom is 0.262 e. The standard InChI is InChI=1S/C41H52ClN5O4S/c1-27-6-4-16-41(49,24-46-17-14-31-20-43-26-44-36(31)22-46)35-11-8-32(35)21-47-23-40(15-5-7-29-18-33(42)10-12-34(29)40)25-51-38-13-9-30(19-37(38)47)39(48)45-52(3,50)28(27)2/h9-10,12-13,18-20,26-28,32,35,49H,3-8,11,14-17,21-25H2,1-2H3,(H,45,48,50)/t27-,28+,32-,35+,40-,41-,52?/m0/s1. The summed E-state index contributed by atoms with van der Waals surface area (Å²) in [5.74, 6) is 4.84. The highest BCUT2D eigenvalue weighted by molar-refractivity contribution is 7.99. The second-order valence-corrected chi connectivity index (χ2v) is 19.4. The van der Waals surface area contributed by atoms with E-state index in [1.807, 2.05) is 31.3 Å². The van der Waals surface area contributed by atoms with E-state index in [1.54, 1.807) is 12.4 Å². The molecule has 9 nitrogen and oxygen atoms in total. The Morgan fingerprint density at radius 2 is 1.96 bits per heavy atom. The summed E-state index contributed by atoms with van der Waals surface area (Å²) in [6.45, 7) is 8.16. The lowest BCUT2D eigenvalue weighted by Gasteiger charge is -2.51.